The number of hydrogen-bond acceptors (Lipinski definition) is 4. The van der Waals surface area contributed by atoms with Crippen LogP contribution in [0.1, 0.15) is 66.4 Å². The van der Waals surface area contributed by atoms with Gasteiger partial charge in [-0.05, 0) is 81.6 Å². The molecule has 5 rings (SSSR count). The summed E-state index contributed by atoms with van der Waals surface area (Å²) in [6.07, 6.45) is 9.73. The van der Waals surface area contributed by atoms with Gasteiger partial charge in [0.2, 0.25) is 0 Å². The number of amides is 2. The number of carbonyl (C=O) groups is 2. The molecule has 2 atom stereocenters. The highest BCUT2D eigenvalue weighted by molar-refractivity contribution is 8.04. The van der Waals surface area contributed by atoms with E-state index >= 15 is 0 Å². The molecule has 5 nitrogen and oxygen atoms in total. The van der Waals surface area contributed by atoms with Crippen LogP contribution in [-0.4, -0.2) is 59.1 Å². The molecule has 7 heteroatoms. The number of hydrogen-bond donors (Lipinski definition) is 1. The van der Waals surface area contributed by atoms with Gasteiger partial charge in [-0.2, -0.15) is 0 Å². The topological polar surface area (TPSA) is 52.7 Å². The van der Waals surface area contributed by atoms with Gasteiger partial charge in [-0.15, -0.1) is 11.8 Å². The van der Waals surface area contributed by atoms with Gasteiger partial charge in [0.1, 0.15) is 5.82 Å². The van der Waals surface area contributed by atoms with Crippen molar-refractivity contribution >= 4 is 29.7 Å². The molecule has 196 valence electrons. The fourth-order valence-corrected chi connectivity index (χ4v) is 7.14. The minimum absolute atomic E-state index is 0.0313. The predicted octanol–water partition coefficient (Wildman–Crippen LogP) is 5.47. The molecule has 37 heavy (non-hydrogen) atoms. The number of thioether (sulfide) groups is 1. The monoisotopic (exact) mass is 521 g/mol. The molecule has 0 bridgehead atoms. The van der Waals surface area contributed by atoms with Crippen LogP contribution in [0.5, 0.6) is 0 Å². The third kappa shape index (κ3) is 6.44. The van der Waals surface area contributed by atoms with Crippen LogP contribution in [0, 0.1) is 5.82 Å². The smallest absolute Gasteiger partial charge is 0.260 e. The van der Waals surface area contributed by atoms with E-state index in [0.717, 1.165) is 44.2 Å². The van der Waals surface area contributed by atoms with Gasteiger partial charge in [-0.25, -0.2) is 4.39 Å². The summed E-state index contributed by atoms with van der Waals surface area (Å²) in [6.45, 7) is 4.35. The number of fused-ring (bicyclic) bond motifs is 1. The molecule has 2 saturated heterocycles. The molecule has 0 aromatic heterocycles. The van der Waals surface area contributed by atoms with Crippen LogP contribution in [0.3, 0.4) is 0 Å². The van der Waals surface area contributed by atoms with Crippen LogP contribution in [-0.2, 0) is 11.3 Å². The lowest BCUT2D eigenvalue weighted by molar-refractivity contribution is -0.130. The number of carbonyl (C=O) groups excluding carboxylic acids is 2. The maximum atomic E-state index is 14.4. The van der Waals surface area contributed by atoms with Crippen molar-refractivity contribution in [1.29, 1.82) is 0 Å². The number of nitrogens with zero attached hydrogens (tertiary/aromatic N) is 2. The van der Waals surface area contributed by atoms with Gasteiger partial charge in [0.25, 0.3) is 11.8 Å². The Bertz CT molecular complexity index is 1130. The van der Waals surface area contributed by atoms with Crippen LogP contribution < -0.4 is 5.32 Å². The number of benzene rings is 2. The Hall–Kier alpha value is -2.64. The van der Waals surface area contributed by atoms with E-state index in [9.17, 15) is 14.0 Å². The molecule has 2 aromatic rings. The fourth-order valence-electron chi connectivity index (χ4n) is 5.67. The van der Waals surface area contributed by atoms with E-state index in [1.807, 2.05) is 41.3 Å². The van der Waals surface area contributed by atoms with Crippen LogP contribution in [0.4, 0.5) is 4.39 Å². The Morgan fingerprint density at radius 2 is 1.78 bits per heavy atom. The molecule has 1 saturated carbocycles. The highest BCUT2D eigenvalue weighted by Crippen LogP contribution is 2.42. The first-order valence-electron chi connectivity index (χ1n) is 13.6. The van der Waals surface area contributed by atoms with Crippen LogP contribution in [0.15, 0.2) is 53.4 Å². The van der Waals surface area contributed by atoms with Crippen molar-refractivity contribution in [2.24, 2.45) is 0 Å². The molecule has 1 N–H and O–H groups in total. The van der Waals surface area contributed by atoms with E-state index < -0.39 is 0 Å². The Morgan fingerprint density at radius 3 is 2.57 bits per heavy atom. The van der Waals surface area contributed by atoms with Crippen molar-refractivity contribution in [3.63, 3.8) is 0 Å². The summed E-state index contributed by atoms with van der Waals surface area (Å²) in [5.41, 5.74) is 2.07. The summed E-state index contributed by atoms with van der Waals surface area (Å²) < 4.78 is 14.4. The zero-order chi connectivity index (χ0) is 25.6. The summed E-state index contributed by atoms with van der Waals surface area (Å²) >= 11 is 1.66. The van der Waals surface area contributed by atoms with E-state index in [4.69, 9.17) is 0 Å². The first-order valence-corrected chi connectivity index (χ1v) is 14.5. The summed E-state index contributed by atoms with van der Waals surface area (Å²) in [7, 11) is 0. The van der Waals surface area contributed by atoms with E-state index in [1.54, 1.807) is 23.9 Å². The first-order chi connectivity index (χ1) is 18.1. The predicted molar refractivity (Wildman–Crippen MR) is 148 cm³/mol. The van der Waals surface area contributed by atoms with Gasteiger partial charge >= 0.3 is 0 Å². The Labute approximate surface area is 223 Å². The average Bonchev–Trinajstić information content (AvgIpc) is 3.44. The third-order valence-electron chi connectivity index (χ3n) is 7.72. The summed E-state index contributed by atoms with van der Waals surface area (Å²) in [5, 5.41) is 3.35. The zero-order valence-electron chi connectivity index (χ0n) is 21.3. The molecular weight excluding hydrogens is 485 g/mol. The molecule has 2 heterocycles. The average molecular weight is 522 g/mol. The van der Waals surface area contributed by atoms with Gasteiger partial charge in [0.15, 0.2) is 0 Å². The largest absolute Gasteiger partial charge is 0.352 e. The molecule has 3 fully saturated rings. The van der Waals surface area contributed by atoms with Crippen LogP contribution >= 0.6 is 11.8 Å². The number of halogens is 1. The van der Waals surface area contributed by atoms with E-state index in [2.05, 4.69) is 10.2 Å². The van der Waals surface area contributed by atoms with Crippen molar-refractivity contribution in [3.05, 3.63) is 75.9 Å². The Balaban J connectivity index is 1.24. The first kappa shape index (κ1) is 26.0. The fraction of sp³-hybridized carbons (Fsp3) is 0.467. The lowest BCUT2D eigenvalue weighted by Crippen LogP contribution is -2.50. The molecule has 0 spiro atoms. The molecule has 2 aromatic carbocycles. The maximum Gasteiger partial charge on any atom is 0.260 e. The van der Waals surface area contributed by atoms with Gasteiger partial charge in [-0.3, -0.25) is 9.59 Å². The van der Waals surface area contributed by atoms with Crippen LogP contribution in [0.2, 0.25) is 0 Å². The number of rotatable bonds is 8. The SMILES string of the molecule is O=C(NCCCN1CCCC1)c1ccc(/C=C2/SC3CCCCC3N(Cc3ccccc3F)C2=O)cc1. The standard InChI is InChI=1S/C30H36FN3O2S/c31-25-9-2-1-8-24(25)21-34-26-10-3-4-11-27(26)37-28(30(34)36)20-22-12-14-23(15-13-22)29(35)32-16-7-19-33-17-5-6-18-33/h1-2,8-9,12-15,20,26-27H,3-7,10-11,16-19,21H2,(H,32,35)/b28-20+. The lowest BCUT2D eigenvalue weighted by atomic mass is 9.92. The number of likely N-dealkylation sites (tertiary alicyclic amines) is 1. The molecule has 2 aliphatic heterocycles. The minimum Gasteiger partial charge on any atom is -0.352 e. The molecular formula is C30H36FN3O2S. The second-order valence-corrected chi connectivity index (χ2v) is 11.6. The number of nitrogens with one attached hydrogen (secondary N) is 1. The zero-order valence-corrected chi connectivity index (χ0v) is 22.1. The highest BCUT2D eigenvalue weighted by Gasteiger charge is 2.40. The Morgan fingerprint density at radius 1 is 1.03 bits per heavy atom. The van der Waals surface area contributed by atoms with Gasteiger partial charge in [0.05, 0.1) is 4.91 Å². The maximum absolute atomic E-state index is 14.4. The minimum atomic E-state index is -0.267. The third-order valence-corrected chi connectivity index (χ3v) is 9.12. The lowest BCUT2D eigenvalue weighted by Gasteiger charge is -2.44. The van der Waals surface area contributed by atoms with Gasteiger partial charge in [0, 0.05) is 35.5 Å². The summed E-state index contributed by atoms with van der Waals surface area (Å²) in [5.74, 6) is -0.364. The normalized spacial score (nSPS) is 23.3. The van der Waals surface area contributed by atoms with Crippen molar-refractivity contribution in [2.45, 2.75) is 62.8 Å². The molecule has 1 aliphatic carbocycles. The van der Waals surface area contributed by atoms with Crippen molar-refractivity contribution in [1.82, 2.24) is 15.1 Å². The summed E-state index contributed by atoms with van der Waals surface area (Å²) in [4.78, 5) is 31.2. The molecule has 2 unspecified atom stereocenters. The Kier molecular flexibility index (Phi) is 8.62. The molecule has 0 radical (unpaired) electrons. The van der Waals surface area contributed by atoms with Gasteiger partial charge < -0.3 is 15.1 Å². The van der Waals surface area contributed by atoms with Crippen molar-refractivity contribution in [3.8, 4) is 0 Å². The highest BCUT2D eigenvalue weighted by atomic mass is 32.2. The summed E-state index contributed by atoms with van der Waals surface area (Å²) in [6, 6.07) is 14.3. The molecule has 2 amide bonds. The second-order valence-electron chi connectivity index (χ2n) is 10.3. The molecule has 3 aliphatic rings. The van der Waals surface area contributed by atoms with E-state index in [0.29, 0.717) is 34.4 Å². The van der Waals surface area contributed by atoms with E-state index in [-0.39, 0.29) is 23.7 Å². The van der Waals surface area contributed by atoms with Crippen molar-refractivity contribution < 1.29 is 14.0 Å². The quantitative estimate of drug-likeness (QED) is 0.370. The second kappa shape index (κ2) is 12.3. The van der Waals surface area contributed by atoms with Crippen molar-refractivity contribution in [2.75, 3.05) is 26.2 Å². The van der Waals surface area contributed by atoms with Gasteiger partial charge in [-0.1, -0.05) is 43.2 Å². The van der Waals surface area contributed by atoms with E-state index in [1.165, 1.54) is 32.0 Å². The van der Waals surface area contributed by atoms with Crippen LogP contribution in [0.25, 0.3) is 6.08 Å².